The van der Waals surface area contributed by atoms with E-state index in [4.69, 9.17) is 0 Å². The maximum atomic E-state index is 11.7. The fourth-order valence-electron chi connectivity index (χ4n) is 1.83. The number of aromatic nitrogens is 2. The van der Waals surface area contributed by atoms with Crippen LogP contribution in [0.2, 0.25) is 0 Å². The van der Waals surface area contributed by atoms with E-state index >= 15 is 0 Å². The van der Waals surface area contributed by atoms with Crippen molar-refractivity contribution >= 4 is 37.6 Å². The Morgan fingerprint density at radius 3 is 2.44 bits per heavy atom. The van der Waals surface area contributed by atoms with Gasteiger partial charge in [-0.25, -0.2) is 4.68 Å². The molecule has 0 radical (unpaired) electrons. The number of hydrogen-bond donors (Lipinski definition) is 0. The third kappa shape index (κ3) is 2.29. The number of ketones is 1. The van der Waals surface area contributed by atoms with Crippen molar-refractivity contribution in [2.75, 3.05) is 0 Å². The van der Waals surface area contributed by atoms with Crippen LogP contribution in [0.3, 0.4) is 0 Å². The van der Waals surface area contributed by atoms with Crippen LogP contribution >= 0.6 is 31.9 Å². The minimum absolute atomic E-state index is 0.0231. The maximum absolute atomic E-state index is 11.7. The van der Waals surface area contributed by atoms with Crippen molar-refractivity contribution in [3.8, 4) is 5.69 Å². The Balaban J connectivity index is 2.71. The van der Waals surface area contributed by atoms with E-state index in [1.54, 1.807) is 11.6 Å². The first kappa shape index (κ1) is 13.5. The van der Waals surface area contributed by atoms with Crippen molar-refractivity contribution in [3.05, 3.63) is 44.1 Å². The Labute approximate surface area is 122 Å². The van der Waals surface area contributed by atoms with Crippen LogP contribution < -0.4 is 0 Å². The molecule has 0 aliphatic heterocycles. The highest BCUT2D eigenvalue weighted by molar-refractivity contribution is 9.10. The quantitative estimate of drug-likeness (QED) is 0.741. The average molecular weight is 372 g/mol. The molecule has 0 saturated carbocycles. The van der Waals surface area contributed by atoms with Crippen LogP contribution in [0, 0.1) is 13.8 Å². The van der Waals surface area contributed by atoms with Gasteiger partial charge in [0.25, 0.3) is 0 Å². The highest BCUT2D eigenvalue weighted by atomic mass is 79.9. The number of carbonyl (C=O) groups excluding carboxylic acids is 1. The van der Waals surface area contributed by atoms with Crippen molar-refractivity contribution in [1.29, 1.82) is 0 Å². The van der Waals surface area contributed by atoms with Gasteiger partial charge in [-0.3, -0.25) is 4.79 Å². The Morgan fingerprint density at radius 1 is 1.28 bits per heavy atom. The highest BCUT2D eigenvalue weighted by Gasteiger charge is 2.15. The molecule has 3 nitrogen and oxygen atoms in total. The van der Waals surface area contributed by atoms with Crippen LogP contribution in [0.15, 0.2) is 27.1 Å². The lowest BCUT2D eigenvalue weighted by molar-refractivity contribution is 0.101. The molecule has 18 heavy (non-hydrogen) atoms. The fraction of sp³-hybridized carbons (Fsp3) is 0.231. The predicted molar refractivity (Wildman–Crippen MR) is 78.4 cm³/mol. The topological polar surface area (TPSA) is 34.9 Å². The summed E-state index contributed by atoms with van der Waals surface area (Å²) >= 11 is 6.88. The molecule has 0 N–H and O–H groups in total. The molecule has 0 fully saturated rings. The Bertz CT molecular complexity index is 632. The number of hydrogen-bond acceptors (Lipinski definition) is 2. The number of Topliss-reactive ketones (excluding diaryl/α,β-unsaturated/α-hetero) is 1. The van der Waals surface area contributed by atoms with Crippen molar-refractivity contribution in [2.45, 2.75) is 20.8 Å². The van der Waals surface area contributed by atoms with Gasteiger partial charge in [-0.15, -0.1) is 0 Å². The first-order valence-electron chi connectivity index (χ1n) is 5.44. The van der Waals surface area contributed by atoms with Gasteiger partial charge in [0.05, 0.1) is 21.5 Å². The molecule has 1 aromatic heterocycles. The van der Waals surface area contributed by atoms with Gasteiger partial charge in [0.1, 0.15) is 0 Å². The summed E-state index contributed by atoms with van der Waals surface area (Å²) < 4.78 is 3.65. The number of benzene rings is 1. The molecule has 0 unspecified atom stereocenters. The van der Waals surface area contributed by atoms with E-state index in [1.807, 2.05) is 32.0 Å². The smallest absolute Gasteiger partial charge is 0.162 e. The third-order valence-electron chi connectivity index (χ3n) is 2.77. The first-order chi connectivity index (χ1) is 8.41. The molecule has 1 aromatic carbocycles. The summed E-state index contributed by atoms with van der Waals surface area (Å²) in [6.07, 6.45) is 0. The maximum Gasteiger partial charge on any atom is 0.162 e. The van der Waals surface area contributed by atoms with E-state index in [0.29, 0.717) is 5.56 Å². The number of carbonyl (C=O) groups is 1. The van der Waals surface area contributed by atoms with Gasteiger partial charge < -0.3 is 0 Å². The van der Waals surface area contributed by atoms with Crippen molar-refractivity contribution in [1.82, 2.24) is 9.78 Å². The third-order valence-corrected chi connectivity index (χ3v) is 4.41. The molecule has 2 aromatic rings. The van der Waals surface area contributed by atoms with Crippen molar-refractivity contribution in [3.63, 3.8) is 0 Å². The van der Waals surface area contributed by atoms with E-state index in [-0.39, 0.29) is 5.78 Å². The zero-order valence-corrected chi connectivity index (χ0v) is 13.5. The number of halogens is 2. The summed E-state index contributed by atoms with van der Waals surface area (Å²) in [7, 11) is 0. The molecule has 0 aliphatic rings. The summed E-state index contributed by atoms with van der Waals surface area (Å²) in [6.45, 7) is 5.46. The second-order valence-corrected chi connectivity index (χ2v) is 5.82. The van der Waals surface area contributed by atoms with Crippen LogP contribution in [0.5, 0.6) is 0 Å². The zero-order chi connectivity index (χ0) is 13.4. The lowest BCUT2D eigenvalue weighted by Crippen LogP contribution is -2.06. The predicted octanol–water partition coefficient (Wildman–Crippen LogP) is 4.22. The Morgan fingerprint density at radius 2 is 1.94 bits per heavy atom. The van der Waals surface area contributed by atoms with Gasteiger partial charge >= 0.3 is 0 Å². The molecule has 2 rings (SSSR count). The molecule has 1 heterocycles. The van der Waals surface area contributed by atoms with Gasteiger partial charge in [-0.2, -0.15) is 5.10 Å². The largest absolute Gasteiger partial charge is 0.294 e. The highest BCUT2D eigenvalue weighted by Crippen LogP contribution is 2.26. The van der Waals surface area contributed by atoms with E-state index < -0.39 is 0 Å². The minimum atomic E-state index is 0.0231. The average Bonchev–Trinajstić information content (AvgIpc) is 2.57. The second kappa shape index (κ2) is 4.97. The number of rotatable bonds is 2. The molecule has 0 saturated heterocycles. The lowest BCUT2D eigenvalue weighted by Gasteiger charge is -2.09. The first-order valence-corrected chi connectivity index (χ1v) is 7.03. The molecule has 0 aliphatic carbocycles. The molecule has 0 amide bonds. The number of nitrogens with zero attached hydrogens (tertiary/aromatic N) is 2. The zero-order valence-electron chi connectivity index (χ0n) is 10.3. The van der Waals surface area contributed by atoms with Crippen LogP contribution in [0.25, 0.3) is 5.69 Å². The monoisotopic (exact) mass is 370 g/mol. The molecular weight excluding hydrogens is 360 g/mol. The molecule has 0 bridgehead atoms. The summed E-state index contributed by atoms with van der Waals surface area (Å²) in [5.74, 6) is 0.0231. The van der Waals surface area contributed by atoms with Gasteiger partial charge in [-0.1, -0.05) is 15.9 Å². The van der Waals surface area contributed by atoms with Crippen LogP contribution in [-0.2, 0) is 0 Å². The van der Waals surface area contributed by atoms with Crippen molar-refractivity contribution in [2.24, 2.45) is 0 Å². The number of aryl methyl sites for hydroxylation is 1. The normalized spacial score (nSPS) is 10.7. The van der Waals surface area contributed by atoms with E-state index in [2.05, 4.69) is 37.0 Å². The van der Waals surface area contributed by atoms with Gasteiger partial charge in [-0.05, 0) is 54.9 Å². The molecule has 5 heteroatoms. The van der Waals surface area contributed by atoms with E-state index in [1.165, 1.54) is 0 Å². The fourth-order valence-corrected chi connectivity index (χ4v) is 2.44. The van der Waals surface area contributed by atoms with Crippen LogP contribution in [0.4, 0.5) is 0 Å². The Kier molecular flexibility index (Phi) is 3.73. The standard InChI is InChI=1S/C13H12Br2N2O/c1-7-13(15)8(2)17(16-7)12-5-4-10(14)6-11(12)9(3)18/h4-6H,1-3H3. The van der Waals surface area contributed by atoms with Gasteiger partial charge in [0.15, 0.2) is 5.78 Å². The molecule has 94 valence electrons. The molecule has 0 atom stereocenters. The van der Waals surface area contributed by atoms with Crippen LogP contribution in [0.1, 0.15) is 28.7 Å². The van der Waals surface area contributed by atoms with Crippen molar-refractivity contribution < 1.29 is 4.79 Å². The summed E-state index contributed by atoms with van der Waals surface area (Å²) in [4.78, 5) is 11.7. The second-order valence-electron chi connectivity index (χ2n) is 4.11. The van der Waals surface area contributed by atoms with Crippen LogP contribution in [-0.4, -0.2) is 15.6 Å². The molecule has 0 spiro atoms. The van der Waals surface area contributed by atoms with Gasteiger partial charge in [0.2, 0.25) is 0 Å². The van der Waals surface area contributed by atoms with Gasteiger partial charge in [0, 0.05) is 10.0 Å². The SMILES string of the molecule is CC(=O)c1cc(Br)ccc1-n1nc(C)c(Br)c1C. The summed E-state index contributed by atoms with van der Waals surface area (Å²) in [5, 5.41) is 4.45. The molecular formula is C13H12Br2N2O. The Hall–Kier alpha value is -0.940. The minimum Gasteiger partial charge on any atom is -0.294 e. The van der Waals surface area contributed by atoms with E-state index in [9.17, 15) is 4.79 Å². The van der Waals surface area contributed by atoms with E-state index in [0.717, 1.165) is 26.0 Å². The lowest BCUT2D eigenvalue weighted by atomic mass is 10.1. The summed E-state index contributed by atoms with van der Waals surface area (Å²) in [5.41, 5.74) is 3.35. The summed E-state index contributed by atoms with van der Waals surface area (Å²) in [6, 6.07) is 5.63.